The van der Waals surface area contributed by atoms with E-state index in [1.54, 1.807) is 0 Å². The lowest BCUT2D eigenvalue weighted by molar-refractivity contribution is 0.0696. The molecule has 8 heteroatoms. The summed E-state index contributed by atoms with van der Waals surface area (Å²) in [5.74, 6) is -1.15. The molecule has 0 bridgehead atoms. The van der Waals surface area contributed by atoms with E-state index < -0.39 is 16.0 Å². The van der Waals surface area contributed by atoms with Gasteiger partial charge in [0, 0.05) is 19.3 Å². The molecule has 0 radical (unpaired) electrons. The molecule has 2 N–H and O–H groups in total. The third-order valence-corrected chi connectivity index (χ3v) is 3.82. The van der Waals surface area contributed by atoms with Crippen molar-refractivity contribution in [1.82, 2.24) is 9.71 Å². The standard InChI is InChI=1S/C12H18N2O5S/c1-2-3-7-19-8-6-14-20(17,18)11-5-4-10(9-13-11)12(15)16/h4-5,9,14H,2-3,6-8H2,1H3,(H,15,16). The van der Waals surface area contributed by atoms with Crippen LogP contribution in [0.4, 0.5) is 0 Å². The van der Waals surface area contributed by atoms with Crippen LogP contribution in [0.5, 0.6) is 0 Å². The zero-order chi connectivity index (χ0) is 15.0. The molecule has 0 atom stereocenters. The summed E-state index contributed by atoms with van der Waals surface area (Å²) in [7, 11) is -3.73. The predicted octanol–water partition coefficient (Wildman–Crippen LogP) is 0.875. The fraction of sp³-hybridized carbons (Fsp3) is 0.500. The minimum Gasteiger partial charge on any atom is -0.478 e. The molecule has 1 heterocycles. The molecule has 20 heavy (non-hydrogen) atoms. The summed E-state index contributed by atoms with van der Waals surface area (Å²) in [4.78, 5) is 14.3. The molecule has 0 aliphatic heterocycles. The molecule has 1 rings (SSSR count). The van der Waals surface area contributed by atoms with Crippen LogP contribution in [-0.4, -0.2) is 44.2 Å². The zero-order valence-electron chi connectivity index (χ0n) is 11.2. The molecule has 0 saturated carbocycles. The summed E-state index contributed by atoms with van der Waals surface area (Å²) in [6.07, 6.45) is 2.96. The maximum atomic E-state index is 11.8. The SMILES string of the molecule is CCCCOCCNS(=O)(=O)c1ccc(C(=O)O)cn1. The van der Waals surface area contributed by atoms with Gasteiger partial charge in [0.15, 0.2) is 5.03 Å². The van der Waals surface area contributed by atoms with Gasteiger partial charge in [-0.2, -0.15) is 0 Å². The van der Waals surface area contributed by atoms with E-state index in [9.17, 15) is 13.2 Å². The van der Waals surface area contributed by atoms with Crippen molar-refractivity contribution in [3.8, 4) is 0 Å². The predicted molar refractivity (Wildman–Crippen MR) is 72.1 cm³/mol. The van der Waals surface area contributed by atoms with Gasteiger partial charge in [-0.3, -0.25) is 0 Å². The minimum atomic E-state index is -3.73. The highest BCUT2D eigenvalue weighted by Gasteiger charge is 2.15. The van der Waals surface area contributed by atoms with Crippen molar-refractivity contribution in [3.05, 3.63) is 23.9 Å². The van der Waals surface area contributed by atoms with Crippen LogP contribution >= 0.6 is 0 Å². The summed E-state index contributed by atoms with van der Waals surface area (Å²) >= 11 is 0. The molecule has 0 fully saturated rings. The Hall–Kier alpha value is -1.51. The fourth-order valence-corrected chi connectivity index (χ4v) is 2.27. The van der Waals surface area contributed by atoms with Crippen molar-refractivity contribution < 1.29 is 23.1 Å². The lowest BCUT2D eigenvalue weighted by atomic mass is 10.3. The van der Waals surface area contributed by atoms with E-state index >= 15 is 0 Å². The quantitative estimate of drug-likeness (QED) is 0.656. The van der Waals surface area contributed by atoms with Crippen LogP contribution in [0.1, 0.15) is 30.1 Å². The monoisotopic (exact) mass is 302 g/mol. The molecule has 112 valence electrons. The van der Waals surface area contributed by atoms with Gasteiger partial charge in [0.05, 0.1) is 12.2 Å². The van der Waals surface area contributed by atoms with Crippen LogP contribution in [0.3, 0.4) is 0 Å². The second-order valence-electron chi connectivity index (χ2n) is 4.05. The third kappa shape index (κ3) is 5.24. The Morgan fingerprint density at radius 3 is 2.70 bits per heavy atom. The highest BCUT2D eigenvalue weighted by Crippen LogP contribution is 2.06. The summed E-state index contributed by atoms with van der Waals surface area (Å²) in [5, 5.41) is 8.49. The van der Waals surface area contributed by atoms with Gasteiger partial charge in [-0.1, -0.05) is 13.3 Å². The van der Waals surface area contributed by atoms with E-state index in [2.05, 4.69) is 9.71 Å². The Morgan fingerprint density at radius 2 is 2.15 bits per heavy atom. The van der Waals surface area contributed by atoms with Gasteiger partial charge < -0.3 is 9.84 Å². The Balaban J connectivity index is 2.49. The number of nitrogens with zero attached hydrogens (tertiary/aromatic N) is 1. The molecule has 0 amide bonds. The Labute approximate surface area is 118 Å². The molecule has 1 aromatic rings. The molecule has 0 aromatic carbocycles. The maximum Gasteiger partial charge on any atom is 0.337 e. The number of carboxylic acids is 1. The Kier molecular flexibility index (Phi) is 6.56. The Bertz CT molecular complexity index is 527. The average Bonchev–Trinajstić information content (AvgIpc) is 2.43. The van der Waals surface area contributed by atoms with E-state index in [4.69, 9.17) is 9.84 Å². The van der Waals surface area contributed by atoms with Crippen molar-refractivity contribution in [2.24, 2.45) is 0 Å². The molecule has 0 saturated heterocycles. The van der Waals surface area contributed by atoms with Crippen molar-refractivity contribution >= 4 is 16.0 Å². The number of rotatable bonds is 9. The summed E-state index contributed by atoms with van der Waals surface area (Å²) in [6, 6.07) is 2.35. The first-order valence-corrected chi connectivity index (χ1v) is 7.72. The second kappa shape index (κ2) is 7.93. The molecular formula is C12H18N2O5S. The van der Waals surface area contributed by atoms with Crippen LogP contribution in [0, 0.1) is 0 Å². The molecule has 1 aromatic heterocycles. The number of aromatic carboxylic acids is 1. The molecule has 0 spiro atoms. The Morgan fingerprint density at radius 1 is 1.40 bits per heavy atom. The number of carbonyl (C=O) groups is 1. The van der Waals surface area contributed by atoms with Gasteiger partial charge in [-0.25, -0.2) is 22.9 Å². The van der Waals surface area contributed by atoms with Crippen molar-refractivity contribution in [3.63, 3.8) is 0 Å². The number of aromatic nitrogens is 1. The van der Waals surface area contributed by atoms with Crippen molar-refractivity contribution in [1.29, 1.82) is 0 Å². The summed E-state index contributed by atoms with van der Waals surface area (Å²) in [5.41, 5.74) is -0.0631. The first-order chi connectivity index (χ1) is 9.47. The van der Waals surface area contributed by atoms with E-state index in [-0.39, 0.29) is 23.7 Å². The highest BCUT2D eigenvalue weighted by atomic mass is 32.2. The first-order valence-electron chi connectivity index (χ1n) is 6.24. The van der Waals surface area contributed by atoms with Gasteiger partial charge >= 0.3 is 5.97 Å². The number of sulfonamides is 1. The minimum absolute atomic E-state index is 0.0631. The van der Waals surface area contributed by atoms with Crippen LogP contribution in [0.2, 0.25) is 0 Å². The van der Waals surface area contributed by atoms with Gasteiger partial charge in [0.25, 0.3) is 10.0 Å². The number of carboxylic acid groups (broad SMARTS) is 1. The number of ether oxygens (including phenoxy) is 1. The number of hydrogen-bond donors (Lipinski definition) is 2. The number of pyridine rings is 1. The second-order valence-corrected chi connectivity index (χ2v) is 5.77. The van der Waals surface area contributed by atoms with Crippen molar-refractivity contribution in [2.75, 3.05) is 19.8 Å². The molecule has 0 aliphatic carbocycles. The zero-order valence-corrected chi connectivity index (χ0v) is 12.0. The smallest absolute Gasteiger partial charge is 0.337 e. The molecular weight excluding hydrogens is 284 g/mol. The van der Waals surface area contributed by atoms with Crippen molar-refractivity contribution in [2.45, 2.75) is 24.8 Å². The van der Waals surface area contributed by atoms with E-state index in [1.807, 2.05) is 6.92 Å². The average molecular weight is 302 g/mol. The number of unbranched alkanes of at least 4 members (excludes halogenated alkanes) is 1. The number of nitrogens with one attached hydrogen (secondary N) is 1. The van der Waals surface area contributed by atoms with Crippen LogP contribution in [-0.2, 0) is 14.8 Å². The van der Waals surface area contributed by atoms with Crippen LogP contribution in [0.15, 0.2) is 23.4 Å². The van der Waals surface area contributed by atoms with Gasteiger partial charge in [-0.05, 0) is 18.6 Å². The third-order valence-electron chi connectivity index (χ3n) is 2.44. The highest BCUT2D eigenvalue weighted by molar-refractivity contribution is 7.89. The van der Waals surface area contributed by atoms with E-state index in [1.165, 1.54) is 6.07 Å². The maximum absolute atomic E-state index is 11.8. The normalized spacial score (nSPS) is 11.4. The van der Waals surface area contributed by atoms with Crippen LogP contribution in [0.25, 0.3) is 0 Å². The van der Waals surface area contributed by atoms with E-state index in [0.717, 1.165) is 25.1 Å². The van der Waals surface area contributed by atoms with Gasteiger partial charge in [-0.15, -0.1) is 0 Å². The van der Waals surface area contributed by atoms with Crippen LogP contribution < -0.4 is 4.72 Å². The topological polar surface area (TPSA) is 106 Å². The first kappa shape index (κ1) is 16.5. The molecule has 7 nitrogen and oxygen atoms in total. The number of hydrogen-bond acceptors (Lipinski definition) is 5. The van der Waals surface area contributed by atoms with E-state index in [0.29, 0.717) is 6.61 Å². The fourth-order valence-electron chi connectivity index (χ4n) is 1.34. The molecule has 0 unspecified atom stereocenters. The van der Waals surface area contributed by atoms with Gasteiger partial charge in [0.1, 0.15) is 0 Å². The largest absolute Gasteiger partial charge is 0.478 e. The van der Waals surface area contributed by atoms with Gasteiger partial charge in [0.2, 0.25) is 0 Å². The lowest BCUT2D eigenvalue weighted by Gasteiger charge is -2.06. The summed E-state index contributed by atoms with van der Waals surface area (Å²) < 4.78 is 31.2. The lowest BCUT2D eigenvalue weighted by Crippen LogP contribution is -2.28. The summed E-state index contributed by atoms with van der Waals surface area (Å²) in [6.45, 7) is 3.07. The molecule has 0 aliphatic rings.